The summed E-state index contributed by atoms with van der Waals surface area (Å²) in [4.78, 5) is 11.9. The SMILES string of the molecule is CC(C(=O)NCc1ccn(C)n1)n1cc(I)cn1. The Hall–Kier alpha value is -1.38. The van der Waals surface area contributed by atoms with Crippen LogP contribution in [-0.2, 0) is 18.4 Å². The van der Waals surface area contributed by atoms with Crippen LogP contribution in [0.15, 0.2) is 24.7 Å². The van der Waals surface area contributed by atoms with Gasteiger partial charge in [-0.2, -0.15) is 10.2 Å². The van der Waals surface area contributed by atoms with Gasteiger partial charge >= 0.3 is 0 Å². The summed E-state index contributed by atoms with van der Waals surface area (Å²) in [5, 5.41) is 11.2. The third-order valence-corrected chi connectivity index (χ3v) is 3.12. The fourth-order valence-electron chi connectivity index (χ4n) is 1.53. The Morgan fingerprint density at radius 2 is 2.39 bits per heavy atom. The van der Waals surface area contributed by atoms with Crippen molar-refractivity contribution in [1.29, 1.82) is 0 Å². The Kier molecular flexibility index (Phi) is 4.00. The van der Waals surface area contributed by atoms with E-state index in [4.69, 9.17) is 0 Å². The van der Waals surface area contributed by atoms with Crippen molar-refractivity contribution in [2.75, 3.05) is 0 Å². The van der Waals surface area contributed by atoms with Crippen molar-refractivity contribution < 1.29 is 4.79 Å². The van der Waals surface area contributed by atoms with Gasteiger partial charge in [-0.25, -0.2) is 0 Å². The maximum Gasteiger partial charge on any atom is 0.244 e. The number of nitrogens with zero attached hydrogens (tertiary/aromatic N) is 4. The first-order valence-corrected chi connectivity index (χ1v) is 6.60. The fourth-order valence-corrected chi connectivity index (χ4v) is 1.94. The van der Waals surface area contributed by atoms with Crippen molar-refractivity contribution in [3.8, 4) is 0 Å². The highest BCUT2D eigenvalue weighted by Crippen LogP contribution is 2.08. The van der Waals surface area contributed by atoms with Crippen molar-refractivity contribution in [2.24, 2.45) is 7.05 Å². The van der Waals surface area contributed by atoms with Crippen LogP contribution < -0.4 is 5.32 Å². The van der Waals surface area contributed by atoms with Crippen LogP contribution in [-0.4, -0.2) is 25.5 Å². The zero-order valence-electron chi connectivity index (χ0n) is 10.2. The zero-order chi connectivity index (χ0) is 13.1. The van der Waals surface area contributed by atoms with Crippen LogP contribution in [0.2, 0.25) is 0 Å². The number of nitrogens with one attached hydrogen (secondary N) is 1. The number of aromatic nitrogens is 4. The van der Waals surface area contributed by atoms with Gasteiger partial charge in [0.1, 0.15) is 6.04 Å². The molecule has 0 aromatic carbocycles. The summed E-state index contributed by atoms with van der Waals surface area (Å²) in [5.41, 5.74) is 0.841. The third-order valence-electron chi connectivity index (χ3n) is 2.56. The molecule has 0 aliphatic rings. The summed E-state index contributed by atoms with van der Waals surface area (Å²) < 4.78 is 4.37. The minimum absolute atomic E-state index is 0.0693. The van der Waals surface area contributed by atoms with Crippen LogP contribution in [0.3, 0.4) is 0 Å². The summed E-state index contributed by atoms with van der Waals surface area (Å²) in [6, 6.07) is 1.55. The molecule has 2 heterocycles. The first kappa shape index (κ1) is 13.1. The average molecular weight is 359 g/mol. The van der Waals surface area contributed by atoms with Gasteiger partial charge in [0.05, 0.1) is 22.0 Å². The lowest BCUT2D eigenvalue weighted by Gasteiger charge is -2.11. The van der Waals surface area contributed by atoms with Crippen LogP contribution in [0, 0.1) is 3.57 Å². The van der Waals surface area contributed by atoms with Crippen LogP contribution in [0.5, 0.6) is 0 Å². The first-order chi connectivity index (χ1) is 8.56. The summed E-state index contributed by atoms with van der Waals surface area (Å²) >= 11 is 2.16. The molecule has 2 rings (SSSR count). The molecule has 0 saturated heterocycles. The Labute approximate surface area is 119 Å². The number of halogens is 1. The van der Waals surface area contributed by atoms with Crippen molar-refractivity contribution in [3.63, 3.8) is 0 Å². The van der Waals surface area contributed by atoms with E-state index in [2.05, 4.69) is 38.1 Å². The largest absolute Gasteiger partial charge is 0.349 e. The molecule has 0 radical (unpaired) electrons. The highest BCUT2D eigenvalue weighted by Gasteiger charge is 2.15. The predicted molar refractivity (Wildman–Crippen MR) is 74.7 cm³/mol. The summed E-state index contributed by atoms with van der Waals surface area (Å²) in [6.45, 7) is 2.25. The van der Waals surface area contributed by atoms with Gasteiger partial charge < -0.3 is 5.32 Å². The minimum Gasteiger partial charge on any atom is -0.349 e. The second-order valence-corrected chi connectivity index (χ2v) is 5.26. The predicted octanol–water partition coefficient (Wildman–Crippen LogP) is 1.10. The monoisotopic (exact) mass is 359 g/mol. The molecule has 2 aromatic rings. The van der Waals surface area contributed by atoms with Gasteiger partial charge in [0.2, 0.25) is 5.91 Å². The van der Waals surface area contributed by atoms with Crippen molar-refractivity contribution in [2.45, 2.75) is 19.5 Å². The van der Waals surface area contributed by atoms with Crippen molar-refractivity contribution >= 4 is 28.5 Å². The fraction of sp³-hybridized carbons (Fsp3) is 0.364. The topological polar surface area (TPSA) is 64.7 Å². The quantitative estimate of drug-likeness (QED) is 0.832. The van der Waals surface area contributed by atoms with Gasteiger partial charge in [-0.3, -0.25) is 14.2 Å². The van der Waals surface area contributed by atoms with Gasteiger partial charge in [-0.15, -0.1) is 0 Å². The zero-order valence-corrected chi connectivity index (χ0v) is 12.3. The second kappa shape index (κ2) is 5.51. The summed E-state index contributed by atoms with van der Waals surface area (Å²) in [6.07, 6.45) is 5.41. The van der Waals surface area contributed by atoms with Crippen molar-refractivity contribution in [3.05, 3.63) is 33.9 Å². The first-order valence-electron chi connectivity index (χ1n) is 5.52. The standard InChI is InChI=1S/C11H14IN5O/c1-8(17-7-9(12)5-14-17)11(18)13-6-10-3-4-16(2)15-10/h3-5,7-8H,6H2,1-2H3,(H,13,18). The number of hydrogen-bond donors (Lipinski definition) is 1. The molecule has 0 aliphatic carbocycles. The third kappa shape index (κ3) is 3.09. The molecule has 1 unspecified atom stereocenters. The Bertz CT molecular complexity index is 547. The second-order valence-electron chi connectivity index (χ2n) is 4.01. The number of aryl methyl sites for hydroxylation is 1. The summed E-state index contributed by atoms with van der Waals surface area (Å²) in [7, 11) is 1.85. The highest BCUT2D eigenvalue weighted by molar-refractivity contribution is 14.1. The summed E-state index contributed by atoms with van der Waals surface area (Å²) in [5.74, 6) is -0.0693. The normalized spacial score (nSPS) is 12.4. The van der Waals surface area contributed by atoms with E-state index in [1.807, 2.05) is 32.4 Å². The molecule has 6 nitrogen and oxygen atoms in total. The number of carbonyl (C=O) groups excluding carboxylic acids is 1. The lowest BCUT2D eigenvalue weighted by molar-refractivity contribution is -0.124. The van der Waals surface area contributed by atoms with E-state index < -0.39 is 0 Å². The van der Waals surface area contributed by atoms with Gasteiger partial charge in [-0.05, 0) is 35.6 Å². The van der Waals surface area contributed by atoms with E-state index in [-0.39, 0.29) is 11.9 Å². The molecular weight excluding hydrogens is 345 g/mol. The molecule has 96 valence electrons. The molecule has 7 heteroatoms. The Morgan fingerprint density at radius 3 is 2.94 bits per heavy atom. The maximum absolute atomic E-state index is 11.9. The molecule has 1 N–H and O–H groups in total. The molecule has 0 bridgehead atoms. The number of carbonyl (C=O) groups is 1. The molecule has 2 aromatic heterocycles. The molecule has 1 atom stereocenters. The van der Waals surface area contributed by atoms with E-state index in [1.165, 1.54) is 0 Å². The average Bonchev–Trinajstić information content (AvgIpc) is 2.94. The van der Waals surface area contributed by atoms with Gasteiger partial charge in [0.25, 0.3) is 0 Å². The van der Waals surface area contributed by atoms with Gasteiger partial charge in [-0.1, -0.05) is 0 Å². The van der Waals surface area contributed by atoms with Crippen LogP contribution in [0.4, 0.5) is 0 Å². The molecule has 0 saturated carbocycles. The van der Waals surface area contributed by atoms with Gasteiger partial charge in [0.15, 0.2) is 0 Å². The Balaban J connectivity index is 1.92. The molecule has 0 fully saturated rings. The highest BCUT2D eigenvalue weighted by atomic mass is 127. The van der Waals surface area contributed by atoms with Crippen molar-refractivity contribution in [1.82, 2.24) is 24.9 Å². The number of rotatable bonds is 4. The number of amides is 1. The number of hydrogen-bond acceptors (Lipinski definition) is 3. The van der Waals surface area contributed by atoms with E-state index >= 15 is 0 Å². The van der Waals surface area contributed by atoms with E-state index in [1.54, 1.807) is 15.6 Å². The Morgan fingerprint density at radius 1 is 1.61 bits per heavy atom. The molecule has 1 amide bonds. The maximum atomic E-state index is 11.9. The van der Waals surface area contributed by atoms with E-state index in [0.29, 0.717) is 6.54 Å². The van der Waals surface area contributed by atoms with E-state index in [0.717, 1.165) is 9.26 Å². The van der Waals surface area contributed by atoms with Crippen LogP contribution in [0.1, 0.15) is 18.7 Å². The molecule has 0 aliphatic heterocycles. The van der Waals surface area contributed by atoms with Crippen LogP contribution in [0.25, 0.3) is 0 Å². The molecule has 0 spiro atoms. The molecule has 18 heavy (non-hydrogen) atoms. The molecular formula is C11H14IN5O. The van der Waals surface area contributed by atoms with E-state index in [9.17, 15) is 4.79 Å². The van der Waals surface area contributed by atoms with Gasteiger partial charge in [0, 0.05) is 19.4 Å². The lowest BCUT2D eigenvalue weighted by atomic mass is 10.3. The smallest absolute Gasteiger partial charge is 0.244 e. The van der Waals surface area contributed by atoms with Crippen LogP contribution >= 0.6 is 22.6 Å². The minimum atomic E-state index is -0.322. The lowest BCUT2D eigenvalue weighted by Crippen LogP contribution is -2.31.